The molecule has 132 valence electrons. The van der Waals surface area contributed by atoms with Crippen LogP contribution in [0.3, 0.4) is 0 Å². The molecule has 5 heteroatoms. The van der Waals surface area contributed by atoms with E-state index in [0.717, 1.165) is 9.26 Å². The van der Waals surface area contributed by atoms with Crippen LogP contribution < -0.4 is 5.32 Å². The van der Waals surface area contributed by atoms with E-state index in [4.69, 9.17) is 4.74 Å². The Labute approximate surface area is 165 Å². The molecule has 0 radical (unpaired) electrons. The van der Waals surface area contributed by atoms with Crippen LogP contribution in [0.25, 0.3) is 0 Å². The summed E-state index contributed by atoms with van der Waals surface area (Å²) in [5.74, 6) is -0.154. The summed E-state index contributed by atoms with van der Waals surface area (Å²) in [7, 11) is 0. The van der Waals surface area contributed by atoms with Crippen molar-refractivity contribution in [1.82, 2.24) is 0 Å². The largest absolute Gasteiger partial charge is 0.483 e. The van der Waals surface area contributed by atoms with Gasteiger partial charge in [0.2, 0.25) is 5.78 Å². The minimum Gasteiger partial charge on any atom is -0.483 e. The average molecular weight is 459 g/mol. The van der Waals surface area contributed by atoms with E-state index in [1.165, 1.54) is 0 Å². The molecular weight excluding hydrogens is 441 g/mol. The van der Waals surface area contributed by atoms with E-state index in [1.807, 2.05) is 38.1 Å². The number of hydrogen-bond donors (Lipinski definition) is 1. The highest BCUT2D eigenvalue weighted by Crippen LogP contribution is 2.39. The van der Waals surface area contributed by atoms with Crippen LogP contribution in [0.4, 0.5) is 5.69 Å². The second kappa shape index (κ2) is 6.23. The molecule has 0 saturated heterocycles. The van der Waals surface area contributed by atoms with Gasteiger partial charge in [-0.15, -0.1) is 0 Å². The monoisotopic (exact) mass is 459 g/mol. The number of benzene rings is 2. The first kappa shape index (κ1) is 17.3. The molecule has 1 aliphatic heterocycles. The van der Waals surface area contributed by atoms with Crippen molar-refractivity contribution in [2.24, 2.45) is 0 Å². The van der Waals surface area contributed by atoms with E-state index in [9.17, 15) is 9.59 Å². The van der Waals surface area contributed by atoms with Crippen LogP contribution in [0.15, 0.2) is 59.9 Å². The van der Waals surface area contributed by atoms with Gasteiger partial charge in [-0.2, -0.15) is 0 Å². The fourth-order valence-electron chi connectivity index (χ4n) is 3.57. The second-order valence-corrected chi connectivity index (χ2v) is 8.46. The quantitative estimate of drug-likeness (QED) is 0.667. The molecule has 1 unspecified atom stereocenters. The zero-order valence-electron chi connectivity index (χ0n) is 14.5. The molecule has 1 aliphatic carbocycles. The number of rotatable bonds is 2. The number of anilines is 1. The molecule has 2 aromatic rings. The SMILES string of the molecule is CC1(C)CC(Nc2ccc(I)cc2)C2=C(O1)C(=O)c1ccccc1C2=O. The Kier molecular flexibility index (Phi) is 4.14. The molecule has 2 aliphatic rings. The normalized spacial score (nSPS) is 21.0. The van der Waals surface area contributed by atoms with Gasteiger partial charge in [-0.05, 0) is 60.7 Å². The molecule has 0 spiro atoms. The van der Waals surface area contributed by atoms with Crippen LogP contribution in [0, 0.1) is 3.57 Å². The molecule has 2 aromatic carbocycles. The number of ether oxygens (including phenoxy) is 1. The van der Waals surface area contributed by atoms with Crippen LogP contribution in [0.2, 0.25) is 0 Å². The average Bonchev–Trinajstić information content (AvgIpc) is 2.60. The van der Waals surface area contributed by atoms with Gasteiger partial charge >= 0.3 is 0 Å². The number of Topliss-reactive ketones (excluding diaryl/α,β-unsaturated/α-hetero) is 2. The van der Waals surface area contributed by atoms with Crippen molar-refractivity contribution in [1.29, 1.82) is 0 Å². The van der Waals surface area contributed by atoms with Gasteiger partial charge in [-0.25, -0.2) is 0 Å². The van der Waals surface area contributed by atoms with E-state index < -0.39 is 5.60 Å². The minimum atomic E-state index is -0.540. The molecule has 0 saturated carbocycles. The van der Waals surface area contributed by atoms with E-state index in [2.05, 4.69) is 27.9 Å². The Morgan fingerprint density at radius 3 is 2.27 bits per heavy atom. The Morgan fingerprint density at radius 2 is 1.62 bits per heavy atom. The third-order valence-corrected chi connectivity index (χ3v) is 5.44. The summed E-state index contributed by atoms with van der Waals surface area (Å²) in [5.41, 5.74) is 1.68. The van der Waals surface area contributed by atoms with Gasteiger partial charge in [0.05, 0.1) is 11.6 Å². The van der Waals surface area contributed by atoms with E-state index in [0.29, 0.717) is 23.1 Å². The smallest absolute Gasteiger partial charge is 0.228 e. The van der Waals surface area contributed by atoms with Crippen LogP contribution in [0.5, 0.6) is 0 Å². The minimum absolute atomic E-state index is 0.131. The summed E-state index contributed by atoms with van der Waals surface area (Å²) in [6.45, 7) is 3.88. The molecule has 4 nitrogen and oxygen atoms in total. The number of fused-ring (bicyclic) bond motifs is 1. The Morgan fingerprint density at radius 1 is 1.00 bits per heavy atom. The number of ketones is 2. The van der Waals surface area contributed by atoms with E-state index >= 15 is 0 Å². The highest BCUT2D eigenvalue weighted by atomic mass is 127. The van der Waals surface area contributed by atoms with Crippen LogP contribution >= 0.6 is 22.6 Å². The standard InChI is InChI=1S/C21H18INO3/c1-21(2)11-16(23-13-9-7-12(22)8-10-13)17-18(24)14-5-3-4-6-15(14)19(25)20(17)26-21/h3-10,16,23H,11H2,1-2H3. The maximum Gasteiger partial charge on any atom is 0.228 e. The Balaban J connectivity index is 1.79. The summed E-state index contributed by atoms with van der Waals surface area (Å²) in [4.78, 5) is 26.1. The van der Waals surface area contributed by atoms with Gasteiger partial charge in [-0.3, -0.25) is 9.59 Å². The fraction of sp³-hybridized carbons (Fsp3) is 0.238. The summed E-state index contributed by atoms with van der Waals surface area (Å²) in [6.07, 6.45) is 0.596. The Bertz CT molecular complexity index is 944. The summed E-state index contributed by atoms with van der Waals surface area (Å²) in [6, 6.07) is 14.6. The summed E-state index contributed by atoms with van der Waals surface area (Å²) >= 11 is 2.25. The molecule has 1 N–H and O–H groups in total. The van der Waals surface area contributed by atoms with E-state index in [1.54, 1.807) is 24.3 Å². The molecule has 0 amide bonds. The number of nitrogens with one attached hydrogen (secondary N) is 1. The predicted molar refractivity (Wildman–Crippen MR) is 108 cm³/mol. The van der Waals surface area contributed by atoms with Crippen LogP contribution in [-0.4, -0.2) is 23.2 Å². The summed E-state index contributed by atoms with van der Waals surface area (Å²) < 4.78 is 7.11. The number of halogens is 1. The zero-order chi connectivity index (χ0) is 18.5. The van der Waals surface area contributed by atoms with Gasteiger partial charge in [0, 0.05) is 26.8 Å². The first-order valence-electron chi connectivity index (χ1n) is 8.49. The molecule has 0 bridgehead atoms. The van der Waals surface area contributed by atoms with Crippen molar-refractivity contribution in [3.05, 3.63) is 74.6 Å². The summed E-state index contributed by atoms with van der Waals surface area (Å²) in [5, 5.41) is 3.43. The predicted octanol–water partition coefficient (Wildman–Crippen LogP) is 4.60. The number of carbonyl (C=O) groups excluding carboxylic acids is 2. The van der Waals surface area contributed by atoms with Gasteiger partial charge in [-0.1, -0.05) is 24.3 Å². The zero-order valence-corrected chi connectivity index (χ0v) is 16.7. The lowest BCUT2D eigenvalue weighted by atomic mass is 9.79. The first-order valence-corrected chi connectivity index (χ1v) is 9.57. The third kappa shape index (κ3) is 2.94. The first-order chi connectivity index (χ1) is 12.4. The highest BCUT2D eigenvalue weighted by molar-refractivity contribution is 14.1. The highest BCUT2D eigenvalue weighted by Gasteiger charge is 2.45. The Hall–Kier alpha value is -2.15. The maximum absolute atomic E-state index is 13.1. The topological polar surface area (TPSA) is 55.4 Å². The number of allylic oxidation sites excluding steroid dienone is 1. The van der Waals surface area contributed by atoms with Crippen molar-refractivity contribution in [2.45, 2.75) is 31.9 Å². The third-order valence-electron chi connectivity index (χ3n) is 4.72. The molecule has 0 fully saturated rings. The van der Waals surface area contributed by atoms with Crippen molar-refractivity contribution >= 4 is 39.8 Å². The molecule has 1 heterocycles. The molecule has 4 rings (SSSR count). The van der Waals surface area contributed by atoms with Gasteiger partial charge in [0.25, 0.3) is 0 Å². The maximum atomic E-state index is 13.1. The van der Waals surface area contributed by atoms with E-state index in [-0.39, 0.29) is 23.4 Å². The van der Waals surface area contributed by atoms with Gasteiger partial charge < -0.3 is 10.1 Å². The molecular formula is C21H18INO3. The molecule has 26 heavy (non-hydrogen) atoms. The molecule has 1 atom stereocenters. The number of hydrogen-bond acceptors (Lipinski definition) is 4. The van der Waals surface area contributed by atoms with Gasteiger partial charge in [0.1, 0.15) is 5.60 Å². The van der Waals surface area contributed by atoms with Crippen molar-refractivity contribution in [3.8, 4) is 0 Å². The lowest BCUT2D eigenvalue weighted by Gasteiger charge is -2.40. The molecule has 0 aromatic heterocycles. The van der Waals surface area contributed by atoms with Crippen molar-refractivity contribution in [3.63, 3.8) is 0 Å². The van der Waals surface area contributed by atoms with Crippen molar-refractivity contribution in [2.75, 3.05) is 5.32 Å². The van der Waals surface area contributed by atoms with Crippen molar-refractivity contribution < 1.29 is 14.3 Å². The van der Waals surface area contributed by atoms with Crippen LogP contribution in [-0.2, 0) is 4.74 Å². The lowest BCUT2D eigenvalue weighted by Crippen LogP contribution is -2.45. The lowest BCUT2D eigenvalue weighted by molar-refractivity contribution is 0.00750. The second-order valence-electron chi connectivity index (χ2n) is 7.22. The van der Waals surface area contributed by atoms with Crippen LogP contribution in [0.1, 0.15) is 41.0 Å². The fourth-order valence-corrected chi connectivity index (χ4v) is 3.93. The number of carbonyl (C=O) groups is 2. The van der Waals surface area contributed by atoms with Gasteiger partial charge in [0.15, 0.2) is 11.5 Å².